The summed E-state index contributed by atoms with van der Waals surface area (Å²) in [7, 11) is 0. The first-order valence-electron chi connectivity index (χ1n) is 27.8. The minimum absolute atomic E-state index is 0.0169. The molecule has 2 aliphatic rings. The summed E-state index contributed by atoms with van der Waals surface area (Å²) in [4.78, 5) is 0. The summed E-state index contributed by atoms with van der Waals surface area (Å²) < 4.78 is 108. The second-order valence-electron chi connectivity index (χ2n) is 16.9. The molecular formula is C65H40. The summed E-state index contributed by atoms with van der Waals surface area (Å²) in [5, 5.41) is 3.42. The first kappa shape index (κ1) is 26.3. The van der Waals surface area contributed by atoms with Crippen LogP contribution in [0.15, 0.2) is 242 Å². The van der Waals surface area contributed by atoms with Gasteiger partial charge in [0, 0.05) is 0 Å². The van der Waals surface area contributed by atoms with Crippen molar-refractivity contribution < 1.29 is 16.4 Å². The zero-order valence-electron chi connectivity index (χ0n) is 46.7. The summed E-state index contributed by atoms with van der Waals surface area (Å²) in [5.41, 5.74) is 13.6. The first-order chi connectivity index (χ1) is 37.2. The van der Waals surface area contributed by atoms with Crippen LogP contribution in [-0.4, -0.2) is 0 Å². The molecule has 0 atom stereocenters. The Balaban J connectivity index is 1.05. The highest BCUT2D eigenvalue weighted by molar-refractivity contribution is 6.24. The van der Waals surface area contributed by atoms with Gasteiger partial charge in [-0.15, -0.1) is 0 Å². The van der Waals surface area contributed by atoms with Gasteiger partial charge in [-0.3, -0.25) is 0 Å². The lowest BCUT2D eigenvalue weighted by molar-refractivity contribution is 0.794. The van der Waals surface area contributed by atoms with Crippen LogP contribution in [0.5, 0.6) is 0 Å². The summed E-state index contributed by atoms with van der Waals surface area (Å²) in [6.45, 7) is 0. The molecule has 0 fully saturated rings. The largest absolute Gasteiger partial charge is 0.0725 e. The van der Waals surface area contributed by atoms with E-state index in [4.69, 9.17) is 11.0 Å². The van der Waals surface area contributed by atoms with Crippen LogP contribution < -0.4 is 0 Å². The molecule has 0 aliphatic heterocycles. The highest BCUT2D eigenvalue weighted by Crippen LogP contribution is 2.63. The van der Waals surface area contributed by atoms with E-state index in [1.165, 1.54) is 44.5 Å². The van der Waals surface area contributed by atoms with Crippen LogP contribution in [0.3, 0.4) is 0 Å². The molecule has 0 saturated carbocycles. The summed E-state index contributed by atoms with van der Waals surface area (Å²) in [6, 6.07) is 52.4. The number of fused-ring (bicyclic) bond motifs is 14. The van der Waals surface area contributed by atoms with Gasteiger partial charge >= 0.3 is 0 Å². The molecule has 0 unspecified atom stereocenters. The Morgan fingerprint density at radius 1 is 0.262 bits per heavy atom. The van der Waals surface area contributed by atoms with Crippen molar-refractivity contribution in [2.75, 3.05) is 0 Å². The fourth-order valence-corrected chi connectivity index (χ4v) is 11.3. The molecule has 300 valence electrons. The molecule has 65 heavy (non-hydrogen) atoms. The monoisotopic (exact) mass is 832 g/mol. The maximum atomic E-state index is 9.61. The molecule has 0 radical (unpaired) electrons. The highest BCUT2D eigenvalue weighted by Gasteiger charge is 2.51. The van der Waals surface area contributed by atoms with E-state index in [0.717, 1.165) is 33.0 Å². The molecule has 0 heteroatoms. The third kappa shape index (κ3) is 5.03. The van der Waals surface area contributed by atoms with Gasteiger partial charge in [0.25, 0.3) is 0 Å². The van der Waals surface area contributed by atoms with Gasteiger partial charge in [-0.25, -0.2) is 0 Å². The Kier molecular flexibility index (Phi) is 5.61. The van der Waals surface area contributed by atoms with Crippen molar-refractivity contribution in [1.29, 1.82) is 0 Å². The molecule has 12 aromatic rings. The molecule has 2 aliphatic carbocycles. The molecule has 1 spiro atoms. The molecule has 12 aromatic carbocycles. The molecule has 14 rings (SSSR count). The smallest absolute Gasteiger partial charge is 0.0622 e. The van der Waals surface area contributed by atoms with Gasteiger partial charge < -0.3 is 0 Å². The Morgan fingerprint density at radius 2 is 0.738 bits per heavy atom. The van der Waals surface area contributed by atoms with Gasteiger partial charge in [0.15, 0.2) is 0 Å². The summed E-state index contributed by atoms with van der Waals surface area (Å²) >= 11 is 0. The van der Waals surface area contributed by atoms with E-state index in [0.29, 0.717) is 32.7 Å². The molecule has 0 heterocycles. The van der Waals surface area contributed by atoms with E-state index in [9.17, 15) is 5.48 Å². The number of hydrogen-bond acceptors (Lipinski definition) is 0. The summed E-state index contributed by atoms with van der Waals surface area (Å²) in [6.07, 6.45) is 0. The van der Waals surface area contributed by atoms with Crippen molar-refractivity contribution in [3.63, 3.8) is 0 Å². The maximum Gasteiger partial charge on any atom is 0.0725 e. The normalized spacial score (nSPS) is 15.6. The fraction of sp³-hybridized carbons (Fsp3) is 0.0154. The van der Waals surface area contributed by atoms with Crippen LogP contribution in [-0.2, 0) is 5.41 Å². The number of benzene rings is 12. The van der Waals surface area contributed by atoms with Crippen molar-refractivity contribution in [2.24, 2.45) is 0 Å². The van der Waals surface area contributed by atoms with E-state index in [1.54, 1.807) is 24.3 Å². The predicted octanol–water partition coefficient (Wildman–Crippen LogP) is 17.3. The van der Waals surface area contributed by atoms with Crippen LogP contribution in [0, 0.1) is 0 Å². The van der Waals surface area contributed by atoms with Crippen LogP contribution >= 0.6 is 0 Å². The van der Waals surface area contributed by atoms with E-state index in [1.807, 2.05) is 30.3 Å². The first-order valence-corrected chi connectivity index (χ1v) is 21.8. The SMILES string of the molecule is [2H]c1c([2H])c([2H])c(-c2c3ccccc3c(-c3c([2H])c([2H])c([2H])c4c([2H])c([2H])c([2H])c([2H])c34)c3cc(-c4ccc(-c5ccc6c(c5)C5(c7ccccc7-c7ccccc75)c5ccccc5-6)c5ccccc45)ccc23)c([2H])c1[2H]. The zero-order valence-corrected chi connectivity index (χ0v) is 34.7. The van der Waals surface area contributed by atoms with Crippen LogP contribution in [0.1, 0.15) is 38.7 Å². The van der Waals surface area contributed by atoms with Gasteiger partial charge in [0.2, 0.25) is 0 Å². The van der Waals surface area contributed by atoms with Gasteiger partial charge in [-0.2, -0.15) is 0 Å². The minimum Gasteiger partial charge on any atom is -0.0622 e. The highest BCUT2D eigenvalue weighted by atomic mass is 14.5. The lowest BCUT2D eigenvalue weighted by atomic mass is 9.70. The van der Waals surface area contributed by atoms with Crippen molar-refractivity contribution in [3.05, 3.63) is 265 Å². The Morgan fingerprint density at radius 3 is 1.40 bits per heavy atom. The minimum atomic E-state index is -0.568. The average Bonchev–Trinajstić information content (AvgIpc) is 4.19. The second-order valence-corrected chi connectivity index (χ2v) is 16.9. The molecule has 0 bridgehead atoms. The Labute approximate surface area is 395 Å². The maximum absolute atomic E-state index is 9.61. The lowest BCUT2D eigenvalue weighted by Crippen LogP contribution is -2.25. The lowest BCUT2D eigenvalue weighted by Gasteiger charge is -2.30. The molecular weight excluding hydrogens is 781 g/mol. The predicted molar refractivity (Wildman–Crippen MR) is 275 cm³/mol. The molecule has 0 saturated heterocycles. The Hall–Kier alpha value is -8.32. The summed E-state index contributed by atoms with van der Waals surface area (Å²) in [5.74, 6) is 0. The van der Waals surface area contributed by atoms with Crippen molar-refractivity contribution >= 4 is 43.1 Å². The second kappa shape index (κ2) is 13.8. The van der Waals surface area contributed by atoms with Crippen molar-refractivity contribution in [2.45, 2.75) is 5.41 Å². The fourth-order valence-electron chi connectivity index (χ4n) is 11.3. The van der Waals surface area contributed by atoms with E-state index < -0.39 is 77.9 Å². The third-order valence-corrected chi connectivity index (χ3v) is 13.9. The average molecular weight is 833 g/mol. The molecule has 0 amide bonds. The standard InChI is InChI=1S/C65H40/c1-2-18-42(19-3-1)63-55-27-8-9-28-56(55)64(54-29-16-20-41-17-4-5-21-45(41)54)58-39-43(34-36-57(58)63)46-37-38-47(49-23-7-6-22-48(46)49)44-33-35-53-52-26-12-15-32-61(52)65(62(53)40-44)59-30-13-10-24-50(59)51-25-11-14-31-60(51)65/h1-40H/i1D,2D,3D,4D,5D,16D,17D,18D,19D,20D,21D,29D. The number of rotatable bonds is 4. The van der Waals surface area contributed by atoms with Crippen molar-refractivity contribution in [3.8, 4) is 66.8 Å². The molecule has 0 nitrogen and oxygen atoms in total. The topological polar surface area (TPSA) is 0 Å². The van der Waals surface area contributed by atoms with E-state index in [2.05, 4.69) is 115 Å². The van der Waals surface area contributed by atoms with Crippen LogP contribution in [0.4, 0.5) is 0 Å². The van der Waals surface area contributed by atoms with E-state index in [-0.39, 0.29) is 21.9 Å². The van der Waals surface area contributed by atoms with Crippen LogP contribution in [0.2, 0.25) is 0 Å². The Bertz CT molecular complexity index is 4570. The zero-order chi connectivity index (χ0) is 53.1. The quantitative estimate of drug-likeness (QED) is 0.155. The van der Waals surface area contributed by atoms with E-state index >= 15 is 0 Å². The van der Waals surface area contributed by atoms with Crippen molar-refractivity contribution in [1.82, 2.24) is 0 Å². The molecule has 0 aromatic heterocycles. The number of hydrogen-bond donors (Lipinski definition) is 0. The van der Waals surface area contributed by atoms with Gasteiger partial charge in [0.05, 0.1) is 21.9 Å². The van der Waals surface area contributed by atoms with Gasteiger partial charge in [0.1, 0.15) is 0 Å². The molecule has 0 N–H and O–H groups in total. The van der Waals surface area contributed by atoms with Gasteiger partial charge in [-0.1, -0.05) is 230 Å². The van der Waals surface area contributed by atoms with Gasteiger partial charge in [-0.05, 0) is 144 Å². The van der Waals surface area contributed by atoms with Crippen LogP contribution in [0.25, 0.3) is 110 Å². The third-order valence-electron chi connectivity index (χ3n) is 13.9.